The van der Waals surface area contributed by atoms with Gasteiger partial charge in [0.05, 0.1) is 0 Å². The number of hydrogen-bond acceptors (Lipinski definition) is 2. The van der Waals surface area contributed by atoms with Gasteiger partial charge in [-0.3, -0.25) is 9.69 Å². The third-order valence-electron chi connectivity index (χ3n) is 6.60. The molecule has 0 spiro atoms. The van der Waals surface area contributed by atoms with Crippen LogP contribution in [0.1, 0.15) is 55.5 Å². The topological polar surface area (TPSA) is 32.3 Å². The molecule has 1 amide bonds. The lowest BCUT2D eigenvalue weighted by Gasteiger charge is -2.48. The zero-order valence-corrected chi connectivity index (χ0v) is 18.0. The second kappa shape index (κ2) is 10.2. The van der Waals surface area contributed by atoms with Gasteiger partial charge in [0.15, 0.2) is 11.6 Å². The molecule has 0 atom stereocenters. The maximum absolute atomic E-state index is 13.5. The maximum atomic E-state index is 13.5. The van der Waals surface area contributed by atoms with Gasteiger partial charge in [-0.25, -0.2) is 8.78 Å². The van der Waals surface area contributed by atoms with Crippen LogP contribution in [0.15, 0.2) is 48.5 Å². The van der Waals surface area contributed by atoms with Crippen molar-refractivity contribution in [3.63, 3.8) is 0 Å². The molecule has 0 aliphatic heterocycles. The Morgan fingerprint density at radius 3 is 2.30 bits per heavy atom. The summed E-state index contributed by atoms with van der Waals surface area (Å²) in [6, 6.07) is 13.9. The van der Waals surface area contributed by atoms with Crippen LogP contribution in [0.2, 0.25) is 0 Å². The number of hydrogen-bond donors (Lipinski definition) is 1. The summed E-state index contributed by atoms with van der Waals surface area (Å²) in [6.45, 7) is 6.66. The van der Waals surface area contributed by atoms with E-state index in [9.17, 15) is 13.6 Å². The minimum atomic E-state index is -0.998. The first kappa shape index (κ1) is 22.4. The molecule has 2 aromatic rings. The van der Waals surface area contributed by atoms with Crippen LogP contribution in [0.5, 0.6) is 0 Å². The fraction of sp³-hybridized carbons (Fsp3) is 0.480. The van der Waals surface area contributed by atoms with Crippen molar-refractivity contribution in [2.75, 3.05) is 19.6 Å². The number of likely N-dealkylation sites (N-methyl/N-ethyl adjacent to an activating group) is 1. The Morgan fingerprint density at radius 1 is 1.03 bits per heavy atom. The molecule has 1 saturated carbocycles. The molecule has 0 heterocycles. The van der Waals surface area contributed by atoms with Crippen molar-refractivity contribution in [2.24, 2.45) is 5.92 Å². The number of nitrogens with zero attached hydrogens (tertiary/aromatic N) is 1. The van der Waals surface area contributed by atoms with Crippen LogP contribution < -0.4 is 5.32 Å². The zero-order chi connectivity index (χ0) is 21.6. The zero-order valence-electron chi connectivity index (χ0n) is 18.0. The van der Waals surface area contributed by atoms with Gasteiger partial charge in [-0.05, 0) is 74.9 Å². The molecule has 0 aromatic heterocycles. The van der Waals surface area contributed by atoms with Gasteiger partial charge in [0, 0.05) is 17.6 Å². The van der Waals surface area contributed by atoms with E-state index in [1.54, 1.807) is 0 Å². The van der Waals surface area contributed by atoms with Crippen LogP contribution in [-0.2, 0) is 6.42 Å². The molecule has 0 radical (unpaired) electrons. The highest BCUT2D eigenvalue weighted by Gasteiger charge is 2.39. The number of carbonyl (C=O) groups excluding carboxylic acids is 1. The average molecular weight is 415 g/mol. The van der Waals surface area contributed by atoms with Crippen LogP contribution in [0.3, 0.4) is 0 Å². The first-order valence-electron chi connectivity index (χ1n) is 11.0. The second-order valence-corrected chi connectivity index (χ2v) is 8.34. The van der Waals surface area contributed by atoms with E-state index < -0.39 is 11.6 Å². The van der Waals surface area contributed by atoms with Crippen molar-refractivity contribution in [3.8, 4) is 0 Å². The average Bonchev–Trinajstić information content (AvgIpc) is 2.77. The summed E-state index contributed by atoms with van der Waals surface area (Å²) in [5.74, 6) is -1.64. The Hall–Kier alpha value is -2.27. The predicted octanol–water partition coefficient (Wildman–Crippen LogP) is 5.21. The number of amides is 1. The van der Waals surface area contributed by atoms with E-state index in [2.05, 4.69) is 48.3 Å². The molecule has 5 heteroatoms. The largest absolute Gasteiger partial charge is 0.350 e. The van der Waals surface area contributed by atoms with Crippen LogP contribution in [-0.4, -0.2) is 36.0 Å². The SMILES string of the molecule is CCN(CC)C1(CNC(=O)c2ccc(F)c(F)c2)CCC(Cc2ccccc2)CC1. The van der Waals surface area contributed by atoms with E-state index in [-0.39, 0.29) is 17.0 Å². The highest BCUT2D eigenvalue weighted by Crippen LogP contribution is 2.37. The summed E-state index contributed by atoms with van der Waals surface area (Å²) in [6.07, 6.45) is 5.36. The monoisotopic (exact) mass is 414 g/mol. The third kappa shape index (κ3) is 5.25. The molecule has 0 saturated heterocycles. The van der Waals surface area contributed by atoms with E-state index in [4.69, 9.17) is 0 Å². The highest BCUT2D eigenvalue weighted by molar-refractivity contribution is 5.94. The van der Waals surface area contributed by atoms with E-state index in [0.29, 0.717) is 12.5 Å². The van der Waals surface area contributed by atoms with Gasteiger partial charge in [-0.1, -0.05) is 44.2 Å². The van der Waals surface area contributed by atoms with Crippen molar-refractivity contribution >= 4 is 5.91 Å². The molecular weight excluding hydrogens is 382 g/mol. The van der Waals surface area contributed by atoms with Gasteiger partial charge in [0.25, 0.3) is 5.91 Å². The highest BCUT2D eigenvalue weighted by atomic mass is 19.2. The minimum absolute atomic E-state index is 0.0923. The lowest BCUT2D eigenvalue weighted by molar-refractivity contribution is 0.0418. The van der Waals surface area contributed by atoms with Gasteiger partial charge in [0.2, 0.25) is 0 Å². The van der Waals surface area contributed by atoms with Crippen molar-refractivity contribution in [1.29, 1.82) is 0 Å². The molecule has 1 aliphatic carbocycles. The summed E-state index contributed by atoms with van der Waals surface area (Å²) >= 11 is 0. The number of halogens is 2. The fourth-order valence-electron chi connectivity index (χ4n) is 4.85. The van der Waals surface area contributed by atoms with Crippen LogP contribution >= 0.6 is 0 Å². The first-order chi connectivity index (χ1) is 14.5. The van der Waals surface area contributed by atoms with Gasteiger partial charge in [-0.2, -0.15) is 0 Å². The molecule has 1 N–H and O–H groups in total. The molecule has 30 heavy (non-hydrogen) atoms. The third-order valence-corrected chi connectivity index (χ3v) is 6.60. The van der Waals surface area contributed by atoms with E-state index in [1.165, 1.54) is 11.6 Å². The smallest absolute Gasteiger partial charge is 0.251 e. The van der Waals surface area contributed by atoms with Crippen molar-refractivity contribution in [1.82, 2.24) is 10.2 Å². The molecule has 162 valence electrons. The normalized spacial score (nSPS) is 21.6. The van der Waals surface area contributed by atoms with Crippen LogP contribution in [0, 0.1) is 17.6 Å². The Balaban J connectivity index is 1.66. The van der Waals surface area contributed by atoms with Crippen molar-refractivity contribution in [3.05, 3.63) is 71.3 Å². The summed E-state index contributed by atoms with van der Waals surface area (Å²) < 4.78 is 26.7. The number of carbonyl (C=O) groups is 1. The van der Waals surface area contributed by atoms with E-state index >= 15 is 0 Å². The summed E-state index contributed by atoms with van der Waals surface area (Å²) in [4.78, 5) is 15.0. The Labute approximate surface area is 178 Å². The first-order valence-corrected chi connectivity index (χ1v) is 11.0. The molecular formula is C25H32F2N2O. The van der Waals surface area contributed by atoms with Gasteiger partial charge < -0.3 is 5.32 Å². The molecule has 1 fully saturated rings. The lowest BCUT2D eigenvalue weighted by atomic mass is 9.73. The quantitative estimate of drug-likeness (QED) is 0.643. The number of benzene rings is 2. The number of nitrogens with one attached hydrogen (secondary N) is 1. The van der Waals surface area contributed by atoms with E-state index in [1.807, 2.05) is 6.07 Å². The lowest BCUT2D eigenvalue weighted by Crippen LogP contribution is -2.57. The van der Waals surface area contributed by atoms with Gasteiger partial charge >= 0.3 is 0 Å². The maximum Gasteiger partial charge on any atom is 0.251 e. The molecule has 0 unspecified atom stereocenters. The Kier molecular flexibility index (Phi) is 7.59. The standard InChI is InChI=1S/C25H32F2N2O/c1-3-29(4-2)25(18-28-24(30)21-10-11-22(26)23(27)17-21)14-12-20(13-15-25)16-19-8-6-5-7-9-19/h5-11,17,20H,3-4,12-16,18H2,1-2H3,(H,28,30). The summed E-state index contributed by atoms with van der Waals surface area (Å²) in [5, 5.41) is 3.00. The predicted molar refractivity (Wildman–Crippen MR) is 116 cm³/mol. The molecule has 0 bridgehead atoms. The number of rotatable bonds is 8. The summed E-state index contributed by atoms with van der Waals surface area (Å²) in [5.41, 5.74) is 1.44. The van der Waals surface area contributed by atoms with Crippen LogP contribution in [0.25, 0.3) is 0 Å². The molecule has 2 aromatic carbocycles. The molecule has 1 aliphatic rings. The van der Waals surface area contributed by atoms with Gasteiger partial charge in [-0.15, -0.1) is 0 Å². The Morgan fingerprint density at radius 2 is 1.70 bits per heavy atom. The molecule has 3 rings (SSSR count). The van der Waals surface area contributed by atoms with Gasteiger partial charge in [0.1, 0.15) is 0 Å². The fourth-order valence-corrected chi connectivity index (χ4v) is 4.85. The molecule has 3 nitrogen and oxygen atoms in total. The van der Waals surface area contributed by atoms with Crippen molar-refractivity contribution < 1.29 is 13.6 Å². The summed E-state index contributed by atoms with van der Waals surface area (Å²) in [7, 11) is 0. The Bertz CT molecular complexity index is 828. The van der Waals surface area contributed by atoms with Crippen LogP contribution in [0.4, 0.5) is 8.78 Å². The minimum Gasteiger partial charge on any atom is -0.350 e. The second-order valence-electron chi connectivity index (χ2n) is 8.34. The van der Waals surface area contributed by atoms with E-state index in [0.717, 1.165) is 57.3 Å². The van der Waals surface area contributed by atoms with Crippen molar-refractivity contribution in [2.45, 2.75) is 51.5 Å².